The summed E-state index contributed by atoms with van der Waals surface area (Å²) in [6.45, 7) is 3.86. The van der Waals surface area contributed by atoms with Crippen LogP contribution in [0.3, 0.4) is 0 Å². The second kappa shape index (κ2) is 3.32. The molecule has 0 bridgehead atoms. The first-order valence-corrected chi connectivity index (χ1v) is 4.40. The van der Waals surface area contributed by atoms with E-state index in [2.05, 4.69) is 4.98 Å². The van der Waals surface area contributed by atoms with Crippen LogP contribution in [-0.2, 0) is 11.2 Å². The molecule has 0 aliphatic heterocycles. The first-order chi connectivity index (χ1) is 5.09. The van der Waals surface area contributed by atoms with E-state index in [1.54, 1.807) is 11.3 Å². The van der Waals surface area contributed by atoms with Gasteiger partial charge >= 0.3 is 0 Å². The van der Waals surface area contributed by atoms with E-state index in [1.165, 1.54) is 0 Å². The van der Waals surface area contributed by atoms with Crippen LogP contribution in [0.25, 0.3) is 0 Å². The summed E-state index contributed by atoms with van der Waals surface area (Å²) in [4.78, 5) is 15.7. The van der Waals surface area contributed by atoms with E-state index < -0.39 is 0 Å². The van der Waals surface area contributed by atoms with E-state index in [0.29, 0.717) is 0 Å². The van der Waals surface area contributed by atoms with Crippen molar-refractivity contribution in [3.05, 3.63) is 15.6 Å². The maximum Gasteiger partial charge on any atom is 0.227 e. The highest BCUT2D eigenvalue weighted by Crippen LogP contribution is 2.17. The molecular weight excluding hydrogens is 182 g/mol. The second-order valence-corrected chi connectivity index (χ2v) is 4.10. The van der Waals surface area contributed by atoms with Crippen molar-refractivity contribution in [3.8, 4) is 0 Å². The number of carbonyl (C=O) groups is 1. The third-order valence-electron chi connectivity index (χ3n) is 1.31. The average molecular weight is 190 g/mol. The second-order valence-electron chi connectivity index (χ2n) is 2.27. The van der Waals surface area contributed by atoms with Gasteiger partial charge in [-0.3, -0.25) is 4.79 Å². The Morgan fingerprint density at radius 2 is 2.27 bits per heavy atom. The van der Waals surface area contributed by atoms with Crippen LogP contribution in [0.1, 0.15) is 15.6 Å². The van der Waals surface area contributed by atoms with Crippen molar-refractivity contribution >= 4 is 28.2 Å². The molecule has 60 valence electrons. The van der Waals surface area contributed by atoms with Gasteiger partial charge in [-0.2, -0.15) is 0 Å². The van der Waals surface area contributed by atoms with Crippen molar-refractivity contribution in [2.24, 2.45) is 0 Å². The molecule has 0 saturated carbocycles. The highest BCUT2D eigenvalue weighted by Gasteiger charge is 2.07. The van der Waals surface area contributed by atoms with Crippen molar-refractivity contribution in [2.75, 3.05) is 0 Å². The molecule has 11 heavy (non-hydrogen) atoms. The molecule has 1 aromatic rings. The Morgan fingerprint density at radius 3 is 2.64 bits per heavy atom. The monoisotopic (exact) mass is 189 g/mol. The first-order valence-electron chi connectivity index (χ1n) is 3.21. The first kappa shape index (κ1) is 8.68. The molecule has 0 radical (unpaired) electrons. The normalized spacial score (nSPS) is 10.1. The topological polar surface area (TPSA) is 30.0 Å². The van der Waals surface area contributed by atoms with Crippen molar-refractivity contribution in [1.82, 2.24) is 4.98 Å². The average Bonchev–Trinajstić information content (AvgIpc) is 2.09. The van der Waals surface area contributed by atoms with Crippen LogP contribution in [0.4, 0.5) is 0 Å². The summed E-state index contributed by atoms with van der Waals surface area (Å²) in [5.74, 6) is 0. The molecule has 0 unspecified atom stereocenters. The number of carbonyl (C=O) groups excluding carboxylic acids is 1. The van der Waals surface area contributed by atoms with Gasteiger partial charge in [0.25, 0.3) is 0 Å². The van der Waals surface area contributed by atoms with Crippen molar-refractivity contribution < 1.29 is 4.79 Å². The van der Waals surface area contributed by atoms with Crippen molar-refractivity contribution in [1.29, 1.82) is 0 Å². The van der Waals surface area contributed by atoms with Gasteiger partial charge in [0.15, 0.2) is 0 Å². The van der Waals surface area contributed by atoms with Crippen LogP contribution in [0.2, 0.25) is 0 Å². The molecule has 1 rings (SSSR count). The Balaban J connectivity index is 2.85. The van der Waals surface area contributed by atoms with Crippen molar-refractivity contribution in [2.45, 2.75) is 20.3 Å². The molecular formula is C7H8ClNOS. The minimum atomic E-state index is -0.349. The number of thiazole rings is 1. The molecule has 0 aromatic carbocycles. The zero-order valence-corrected chi connectivity index (χ0v) is 7.92. The fourth-order valence-corrected chi connectivity index (χ4v) is 1.83. The fraction of sp³-hybridized carbons (Fsp3) is 0.429. The minimum Gasteiger partial charge on any atom is -0.281 e. The smallest absolute Gasteiger partial charge is 0.227 e. The van der Waals surface area contributed by atoms with Gasteiger partial charge in [0, 0.05) is 4.88 Å². The third-order valence-corrected chi connectivity index (χ3v) is 2.37. The molecule has 0 aliphatic rings. The summed E-state index contributed by atoms with van der Waals surface area (Å²) in [6, 6.07) is 0. The summed E-state index contributed by atoms with van der Waals surface area (Å²) in [6.07, 6.45) is 0.248. The number of aromatic nitrogens is 1. The van der Waals surface area contributed by atoms with Crippen LogP contribution in [0, 0.1) is 13.8 Å². The lowest BCUT2D eigenvalue weighted by Gasteiger charge is -1.89. The van der Waals surface area contributed by atoms with E-state index in [9.17, 15) is 4.79 Å². The molecule has 1 aromatic heterocycles. The van der Waals surface area contributed by atoms with Crippen LogP contribution in [-0.4, -0.2) is 10.2 Å². The van der Waals surface area contributed by atoms with Crippen LogP contribution in [0.15, 0.2) is 0 Å². The van der Waals surface area contributed by atoms with E-state index >= 15 is 0 Å². The summed E-state index contributed by atoms with van der Waals surface area (Å²) in [5.41, 5.74) is 0.813. The highest BCUT2D eigenvalue weighted by molar-refractivity contribution is 7.11. The summed E-state index contributed by atoms with van der Waals surface area (Å²) < 4.78 is 0. The van der Waals surface area contributed by atoms with Crippen LogP contribution < -0.4 is 0 Å². The van der Waals surface area contributed by atoms with Gasteiger partial charge in [0.1, 0.15) is 0 Å². The molecule has 0 amide bonds. The number of aryl methyl sites for hydroxylation is 2. The van der Waals surface area contributed by atoms with Crippen molar-refractivity contribution in [3.63, 3.8) is 0 Å². The summed E-state index contributed by atoms with van der Waals surface area (Å²) >= 11 is 6.81. The number of halogens is 1. The number of hydrogen-bond donors (Lipinski definition) is 0. The van der Waals surface area contributed by atoms with E-state index in [-0.39, 0.29) is 11.7 Å². The molecule has 0 saturated heterocycles. The lowest BCUT2D eigenvalue weighted by atomic mass is 10.3. The Morgan fingerprint density at radius 1 is 1.64 bits per heavy atom. The molecule has 0 aliphatic carbocycles. The van der Waals surface area contributed by atoms with E-state index in [0.717, 1.165) is 15.6 Å². The Bertz CT molecular complexity index is 282. The predicted molar refractivity (Wildman–Crippen MR) is 46.2 cm³/mol. The molecule has 0 atom stereocenters. The molecule has 1 heterocycles. The van der Waals surface area contributed by atoms with Gasteiger partial charge in [-0.25, -0.2) is 4.98 Å². The summed E-state index contributed by atoms with van der Waals surface area (Å²) in [5, 5.41) is 0.633. The van der Waals surface area contributed by atoms with Gasteiger partial charge in [0.2, 0.25) is 5.24 Å². The number of rotatable bonds is 2. The van der Waals surface area contributed by atoms with Gasteiger partial charge in [-0.05, 0) is 25.4 Å². The third kappa shape index (κ3) is 2.27. The molecule has 0 N–H and O–H groups in total. The lowest BCUT2D eigenvalue weighted by Crippen LogP contribution is -1.95. The van der Waals surface area contributed by atoms with Gasteiger partial charge in [-0.1, -0.05) is 0 Å². The molecule has 2 nitrogen and oxygen atoms in total. The molecule has 4 heteroatoms. The Hall–Kier alpha value is -0.410. The zero-order chi connectivity index (χ0) is 8.43. The highest BCUT2D eigenvalue weighted by atomic mass is 35.5. The van der Waals surface area contributed by atoms with Gasteiger partial charge in [0.05, 0.1) is 17.1 Å². The van der Waals surface area contributed by atoms with E-state index in [1.807, 2.05) is 13.8 Å². The fourth-order valence-electron chi connectivity index (χ4n) is 0.868. The minimum absolute atomic E-state index is 0.248. The largest absolute Gasteiger partial charge is 0.281 e. The standard InChI is InChI=1S/C7H8ClNOS/c1-4-6(3-7(8)10)9-5(2)11-4/h3H2,1-2H3. The predicted octanol–water partition coefficient (Wildman–Crippen LogP) is 2.07. The quantitative estimate of drug-likeness (QED) is 0.667. The molecule has 0 spiro atoms. The van der Waals surface area contributed by atoms with E-state index in [4.69, 9.17) is 11.6 Å². The maximum atomic E-state index is 10.5. The Labute approximate surface area is 74.2 Å². The summed E-state index contributed by atoms with van der Waals surface area (Å²) in [7, 11) is 0. The Kier molecular flexibility index (Phi) is 2.62. The van der Waals surface area contributed by atoms with Gasteiger partial charge in [-0.15, -0.1) is 11.3 Å². The zero-order valence-electron chi connectivity index (χ0n) is 6.35. The van der Waals surface area contributed by atoms with Crippen LogP contribution in [0.5, 0.6) is 0 Å². The lowest BCUT2D eigenvalue weighted by molar-refractivity contribution is -0.111. The molecule has 0 fully saturated rings. The maximum absolute atomic E-state index is 10.5. The van der Waals surface area contributed by atoms with Crippen LogP contribution >= 0.6 is 22.9 Å². The van der Waals surface area contributed by atoms with Gasteiger partial charge < -0.3 is 0 Å². The number of hydrogen-bond acceptors (Lipinski definition) is 3. The SMILES string of the molecule is Cc1nc(CC(=O)Cl)c(C)s1. The number of nitrogens with zero attached hydrogens (tertiary/aromatic N) is 1.